The van der Waals surface area contributed by atoms with Crippen molar-refractivity contribution in [1.82, 2.24) is 19.7 Å². The molecule has 24 heavy (non-hydrogen) atoms. The van der Waals surface area contributed by atoms with Crippen molar-refractivity contribution in [3.05, 3.63) is 24.8 Å². The summed E-state index contributed by atoms with van der Waals surface area (Å²) in [5, 5.41) is 17.9. The summed E-state index contributed by atoms with van der Waals surface area (Å²) in [6.07, 6.45) is 6.62. The van der Waals surface area contributed by atoms with Crippen LogP contribution in [0.25, 0.3) is 0 Å². The Morgan fingerprint density at radius 3 is 2.96 bits per heavy atom. The van der Waals surface area contributed by atoms with Gasteiger partial charge in [0.25, 0.3) is 0 Å². The standard InChI is InChI=1S/C16H22N6O2/c1-2-22-7-12(6-19-22)24-14-9-21(8-13(14)23)16-5-15(17-10-18-16)20-11-3-4-11/h5-7,10-11,13-14,23H,2-4,8-9H2,1H3,(H,17,18,20)/t13-,14-/m1/s1. The highest BCUT2D eigenvalue weighted by Crippen LogP contribution is 2.27. The van der Waals surface area contributed by atoms with Crippen LogP contribution in [0.4, 0.5) is 11.6 Å². The first-order valence-electron chi connectivity index (χ1n) is 8.42. The summed E-state index contributed by atoms with van der Waals surface area (Å²) >= 11 is 0. The van der Waals surface area contributed by atoms with Gasteiger partial charge >= 0.3 is 0 Å². The molecular formula is C16H22N6O2. The van der Waals surface area contributed by atoms with Crippen molar-refractivity contribution in [2.75, 3.05) is 23.3 Å². The Morgan fingerprint density at radius 1 is 1.33 bits per heavy atom. The van der Waals surface area contributed by atoms with E-state index in [-0.39, 0.29) is 6.10 Å². The normalized spacial score (nSPS) is 23.5. The first kappa shape index (κ1) is 15.2. The molecule has 0 radical (unpaired) electrons. The number of β-amino-alcohol motifs (C(OH)–C–C–N with tert-alkyl or cyclic N) is 1. The Balaban J connectivity index is 1.42. The predicted octanol–water partition coefficient (Wildman–Crippen LogP) is 0.896. The first-order chi connectivity index (χ1) is 11.7. The maximum Gasteiger partial charge on any atom is 0.157 e. The smallest absolute Gasteiger partial charge is 0.157 e. The van der Waals surface area contributed by atoms with E-state index in [9.17, 15) is 5.11 Å². The zero-order valence-corrected chi connectivity index (χ0v) is 13.7. The average Bonchev–Trinajstić information content (AvgIpc) is 3.16. The summed E-state index contributed by atoms with van der Waals surface area (Å²) in [5.41, 5.74) is 0. The molecule has 8 heteroatoms. The fraction of sp³-hybridized carbons (Fsp3) is 0.562. The molecule has 2 N–H and O–H groups in total. The lowest BCUT2D eigenvalue weighted by Crippen LogP contribution is -2.29. The van der Waals surface area contributed by atoms with Gasteiger partial charge in [-0.2, -0.15) is 5.10 Å². The zero-order chi connectivity index (χ0) is 16.5. The van der Waals surface area contributed by atoms with Crippen LogP contribution < -0.4 is 15.0 Å². The molecule has 2 fully saturated rings. The maximum absolute atomic E-state index is 10.3. The molecule has 2 aromatic heterocycles. The lowest BCUT2D eigenvalue weighted by atomic mass is 10.3. The molecule has 0 spiro atoms. The molecule has 0 amide bonds. The largest absolute Gasteiger partial charge is 0.482 e. The van der Waals surface area contributed by atoms with Crippen LogP contribution in [0.1, 0.15) is 19.8 Å². The SMILES string of the molecule is CCn1cc(O[C@@H]2CN(c3cc(NC4CC4)ncn3)C[C@H]2O)cn1. The highest BCUT2D eigenvalue weighted by Gasteiger charge is 2.34. The van der Waals surface area contributed by atoms with Crippen molar-refractivity contribution in [3.8, 4) is 5.75 Å². The zero-order valence-electron chi connectivity index (χ0n) is 13.7. The fourth-order valence-electron chi connectivity index (χ4n) is 2.85. The van der Waals surface area contributed by atoms with Crippen LogP contribution >= 0.6 is 0 Å². The number of rotatable bonds is 6. The lowest BCUT2D eigenvalue weighted by Gasteiger charge is -2.17. The Labute approximate surface area is 140 Å². The molecule has 0 bridgehead atoms. The molecule has 1 saturated carbocycles. The van der Waals surface area contributed by atoms with Gasteiger partial charge in [0.15, 0.2) is 5.75 Å². The molecule has 1 saturated heterocycles. The monoisotopic (exact) mass is 330 g/mol. The van der Waals surface area contributed by atoms with E-state index in [2.05, 4.69) is 20.4 Å². The summed E-state index contributed by atoms with van der Waals surface area (Å²) in [4.78, 5) is 10.6. The van der Waals surface area contributed by atoms with Gasteiger partial charge in [-0.25, -0.2) is 9.97 Å². The summed E-state index contributed by atoms with van der Waals surface area (Å²) < 4.78 is 7.69. The Bertz CT molecular complexity index is 701. The maximum atomic E-state index is 10.3. The first-order valence-corrected chi connectivity index (χ1v) is 8.42. The molecule has 1 aliphatic carbocycles. The second-order valence-electron chi connectivity index (χ2n) is 6.34. The van der Waals surface area contributed by atoms with Crippen LogP contribution in [0.3, 0.4) is 0 Å². The number of nitrogens with zero attached hydrogens (tertiary/aromatic N) is 5. The number of aliphatic hydroxyl groups is 1. The van der Waals surface area contributed by atoms with Gasteiger partial charge in [0.1, 0.15) is 30.2 Å². The minimum Gasteiger partial charge on any atom is -0.482 e. The fourth-order valence-corrected chi connectivity index (χ4v) is 2.85. The van der Waals surface area contributed by atoms with E-state index in [0.29, 0.717) is 24.9 Å². The number of hydrogen-bond donors (Lipinski definition) is 2. The van der Waals surface area contributed by atoms with E-state index in [0.717, 1.165) is 18.2 Å². The third-order valence-corrected chi connectivity index (χ3v) is 4.36. The number of aliphatic hydroxyl groups excluding tert-OH is 1. The highest BCUT2D eigenvalue weighted by atomic mass is 16.5. The van der Waals surface area contributed by atoms with Gasteiger partial charge in [0, 0.05) is 25.2 Å². The van der Waals surface area contributed by atoms with Crippen molar-refractivity contribution in [1.29, 1.82) is 0 Å². The Hall–Kier alpha value is -2.35. The van der Waals surface area contributed by atoms with Gasteiger partial charge in [-0.05, 0) is 19.8 Å². The van der Waals surface area contributed by atoms with Gasteiger partial charge < -0.3 is 20.1 Å². The van der Waals surface area contributed by atoms with E-state index in [1.807, 2.05) is 24.1 Å². The van der Waals surface area contributed by atoms with E-state index in [1.165, 1.54) is 12.8 Å². The predicted molar refractivity (Wildman–Crippen MR) is 89.2 cm³/mol. The molecule has 128 valence electrons. The summed E-state index contributed by atoms with van der Waals surface area (Å²) in [6.45, 7) is 3.89. The average molecular weight is 330 g/mol. The number of aromatic nitrogens is 4. The van der Waals surface area contributed by atoms with Gasteiger partial charge in [-0.3, -0.25) is 4.68 Å². The topological polar surface area (TPSA) is 88.3 Å². The van der Waals surface area contributed by atoms with E-state index < -0.39 is 6.10 Å². The highest BCUT2D eigenvalue weighted by molar-refractivity contribution is 5.50. The van der Waals surface area contributed by atoms with Gasteiger partial charge in [-0.1, -0.05) is 0 Å². The molecule has 4 rings (SSSR count). The third-order valence-electron chi connectivity index (χ3n) is 4.36. The van der Waals surface area contributed by atoms with E-state index in [4.69, 9.17) is 4.74 Å². The Morgan fingerprint density at radius 2 is 2.21 bits per heavy atom. The molecule has 3 heterocycles. The second kappa shape index (κ2) is 6.27. The van der Waals surface area contributed by atoms with Gasteiger partial charge in [0.2, 0.25) is 0 Å². The van der Waals surface area contributed by atoms with Crippen molar-refractivity contribution < 1.29 is 9.84 Å². The summed E-state index contributed by atoms with van der Waals surface area (Å²) in [5.74, 6) is 2.33. The van der Waals surface area contributed by atoms with Crippen LogP contribution in [-0.2, 0) is 6.54 Å². The third kappa shape index (κ3) is 3.28. The van der Waals surface area contributed by atoms with Crippen LogP contribution in [-0.4, -0.2) is 56.2 Å². The summed E-state index contributed by atoms with van der Waals surface area (Å²) in [7, 11) is 0. The summed E-state index contributed by atoms with van der Waals surface area (Å²) in [6, 6.07) is 2.48. The van der Waals surface area contributed by atoms with Crippen molar-refractivity contribution in [2.24, 2.45) is 0 Å². The quantitative estimate of drug-likeness (QED) is 0.813. The minimum absolute atomic E-state index is 0.297. The second-order valence-corrected chi connectivity index (χ2v) is 6.34. The van der Waals surface area contributed by atoms with Crippen molar-refractivity contribution in [2.45, 2.75) is 44.6 Å². The molecule has 2 aromatic rings. The van der Waals surface area contributed by atoms with Gasteiger partial charge in [0.05, 0.1) is 18.9 Å². The molecule has 0 aromatic carbocycles. The molecule has 2 atom stereocenters. The molecule has 1 aliphatic heterocycles. The number of ether oxygens (including phenoxy) is 1. The van der Waals surface area contributed by atoms with Crippen LogP contribution in [0.15, 0.2) is 24.8 Å². The molecule has 0 unspecified atom stereocenters. The lowest BCUT2D eigenvalue weighted by molar-refractivity contribution is 0.0737. The molecule has 2 aliphatic rings. The van der Waals surface area contributed by atoms with Crippen LogP contribution in [0.5, 0.6) is 5.75 Å². The van der Waals surface area contributed by atoms with Crippen LogP contribution in [0.2, 0.25) is 0 Å². The van der Waals surface area contributed by atoms with Gasteiger partial charge in [-0.15, -0.1) is 0 Å². The number of aryl methyl sites for hydroxylation is 1. The minimum atomic E-state index is -0.565. The van der Waals surface area contributed by atoms with Crippen LogP contribution in [0, 0.1) is 0 Å². The van der Waals surface area contributed by atoms with E-state index in [1.54, 1.807) is 17.2 Å². The number of nitrogens with one attached hydrogen (secondary N) is 1. The Kier molecular flexibility index (Phi) is 3.97. The van der Waals surface area contributed by atoms with E-state index >= 15 is 0 Å². The van der Waals surface area contributed by atoms with Crippen molar-refractivity contribution in [3.63, 3.8) is 0 Å². The number of hydrogen-bond acceptors (Lipinski definition) is 7. The molecule has 8 nitrogen and oxygen atoms in total. The molecular weight excluding hydrogens is 308 g/mol. The van der Waals surface area contributed by atoms with Crippen molar-refractivity contribution >= 4 is 11.6 Å². The number of anilines is 2.